The van der Waals surface area contributed by atoms with Crippen molar-refractivity contribution in [2.24, 2.45) is 0 Å². The SMILES string of the molecule is Cc1nc(-c2cccc(NC(=O)N(C)Cc3noc(C4CCC4)n3)c2)n[nH]1. The van der Waals surface area contributed by atoms with Gasteiger partial charge in [-0.1, -0.05) is 23.7 Å². The minimum absolute atomic E-state index is 0.256. The van der Waals surface area contributed by atoms with E-state index in [1.54, 1.807) is 7.05 Å². The molecule has 3 aromatic rings. The number of nitrogens with one attached hydrogen (secondary N) is 2. The molecule has 4 rings (SSSR count). The monoisotopic (exact) mass is 367 g/mol. The van der Waals surface area contributed by atoms with Crippen molar-refractivity contribution < 1.29 is 9.32 Å². The van der Waals surface area contributed by atoms with Crippen LogP contribution in [0.2, 0.25) is 0 Å². The Morgan fingerprint density at radius 1 is 1.37 bits per heavy atom. The molecule has 9 nitrogen and oxygen atoms in total. The molecule has 0 atom stereocenters. The zero-order chi connectivity index (χ0) is 18.8. The summed E-state index contributed by atoms with van der Waals surface area (Å²) in [6, 6.07) is 7.13. The van der Waals surface area contributed by atoms with Gasteiger partial charge in [0.05, 0.1) is 6.54 Å². The highest BCUT2D eigenvalue weighted by atomic mass is 16.5. The number of hydrogen-bond acceptors (Lipinski definition) is 6. The lowest BCUT2D eigenvalue weighted by Crippen LogP contribution is -2.31. The normalized spacial score (nSPS) is 14.0. The van der Waals surface area contributed by atoms with Gasteiger partial charge in [0.2, 0.25) is 5.89 Å². The number of aryl methyl sites for hydroxylation is 1. The van der Waals surface area contributed by atoms with E-state index in [4.69, 9.17) is 4.52 Å². The number of hydrogen-bond donors (Lipinski definition) is 2. The second-order valence-corrected chi connectivity index (χ2v) is 6.79. The van der Waals surface area contributed by atoms with Gasteiger partial charge in [-0.3, -0.25) is 5.10 Å². The van der Waals surface area contributed by atoms with Gasteiger partial charge in [0.25, 0.3) is 0 Å². The predicted molar refractivity (Wildman–Crippen MR) is 97.9 cm³/mol. The number of aromatic amines is 1. The number of anilines is 1. The Bertz CT molecular complexity index is 945. The third-order valence-electron chi connectivity index (χ3n) is 4.63. The summed E-state index contributed by atoms with van der Waals surface area (Å²) >= 11 is 0. The fraction of sp³-hybridized carbons (Fsp3) is 0.389. The van der Waals surface area contributed by atoms with Crippen LogP contribution in [0.15, 0.2) is 28.8 Å². The van der Waals surface area contributed by atoms with Gasteiger partial charge in [-0.25, -0.2) is 9.78 Å². The first kappa shape index (κ1) is 17.2. The molecule has 1 saturated carbocycles. The summed E-state index contributed by atoms with van der Waals surface area (Å²) in [6.07, 6.45) is 3.40. The second-order valence-electron chi connectivity index (χ2n) is 6.79. The van der Waals surface area contributed by atoms with Crippen molar-refractivity contribution in [1.82, 2.24) is 30.2 Å². The van der Waals surface area contributed by atoms with E-state index in [2.05, 4.69) is 30.6 Å². The summed E-state index contributed by atoms with van der Waals surface area (Å²) in [5.74, 6) is 2.90. The average molecular weight is 367 g/mol. The van der Waals surface area contributed by atoms with Crippen LogP contribution in [-0.2, 0) is 6.54 Å². The number of aromatic nitrogens is 5. The third kappa shape index (κ3) is 3.81. The van der Waals surface area contributed by atoms with Gasteiger partial charge in [-0.05, 0) is 31.9 Å². The zero-order valence-corrected chi connectivity index (χ0v) is 15.3. The van der Waals surface area contributed by atoms with Gasteiger partial charge in [-0.15, -0.1) is 0 Å². The molecule has 0 radical (unpaired) electrons. The maximum Gasteiger partial charge on any atom is 0.321 e. The first-order chi connectivity index (χ1) is 13.1. The Labute approximate surface area is 156 Å². The molecule has 0 spiro atoms. The number of urea groups is 1. The van der Waals surface area contributed by atoms with Crippen molar-refractivity contribution in [1.29, 1.82) is 0 Å². The van der Waals surface area contributed by atoms with Crippen LogP contribution in [0.3, 0.4) is 0 Å². The summed E-state index contributed by atoms with van der Waals surface area (Å²) in [7, 11) is 1.69. The first-order valence-electron chi connectivity index (χ1n) is 8.92. The molecule has 1 fully saturated rings. The lowest BCUT2D eigenvalue weighted by Gasteiger charge is -2.20. The van der Waals surface area contributed by atoms with Gasteiger partial charge < -0.3 is 14.7 Å². The van der Waals surface area contributed by atoms with Crippen molar-refractivity contribution >= 4 is 11.7 Å². The van der Waals surface area contributed by atoms with Crippen LogP contribution in [-0.4, -0.2) is 43.3 Å². The van der Waals surface area contributed by atoms with E-state index in [0.29, 0.717) is 29.1 Å². The Balaban J connectivity index is 1.38. The van der Waals surface area contributed by atoms with E-state index in [-0.39, 0.29) is 12.6 Å². The van der Waals surface area contributed by atoms with E-state index >= 15 is 0 Å². The molecule has 2 heterocycles. The van der Waals surface area contributed by atoms with Gasteiger partial charge in [0, 0.05) is 24.2 Å². The van der Waals surface area contributed by atoms with Gasteiger partial charge in [0.15, 0.2) is 11.6 Å². The molecule has 1 aliphatic carbocycles. The highest BCUT2D eigenvalue weighted by molar-refractivity contribution is 5.89. The molecule has 27 heavy (non-hydrogen) atoms. The molecular weight excluding hydrogens is 346 g/mol. The molecule has 1 aliphatic rings. The fourth-order valence-electron chi connectivity index (χ4n) is 2.86. The van der Waals surface area contributed by atoms with Crippen LogP contribution in [0.25, 0.3) is 11.4 Å². The minimum atomic E-state index is -0.256. The molecule has 0 aliphatic heterocycles. The number of rotatable bonds is 5. The Morgan fingerprint density at radius 2 is 2.22 bits per heavy atom. The van der Waals surface area contributed by atoms with Crippen LogP contribution in [0.1, 0.15) is 42.7 Å². The number of carbonyl (C=O) groups is 1. The van der Waals surface area contributed by atoms with Crippen molar-refractivity contribution in [2.45, 2.75) is 38.6 Å². The van der Waals surface area contributed by atoms with Crippen LogP contribution in [0, 0.1) is 6.92 Å². The zero-order valence-electron chi connectivity index (χ0n) is 15.3. The molecule has 2 amide bonds. The van der Waals surface area contributed by atoms with Crippen LogP contribution < -0.4 is 5.32 Å². The van der Waals surface area contributed by atoms with Crippen LogP contribution in [0.5, 0.6) is 0 Å². The molecular formula is C18H21N7O2. The van der Waals surface area contributed by atoms with Gasteiger partial charge in [0.1, 0.15) is 5.82 Å². The van der Waals surface area contributed by atoms with Crippen molar-refractivity contribution in [3.63, 3.8) is 0 Å². The summed E-state index contributed by atoms with van der Waals surface area (Å²) in [5.41, 5.74) is 1.48. The molecule has 0 unspecified atom stereocenters. The van der Waals surface area contributed by atoms with Crippen LogP contribution in [0.4, 0.5) is 10.5 Å². The van der Waals surface area contributed by atoms with E-state index < -0.39 is 0 Å². The lowest BCUT2D eigenvalue weighted by atomic mass is 9.85. The third-order valence-corrected chi connectivity index (χ3v) is 4.63. The maximum atomic E-state index is 12.5. The first-order valence-corrected chi connectivity index (χ1v) is 8.92. The Morgan fingerprint density at radius 3 is 2.93 bits per heavy atom. The number of carbonyl (C=O) groups excluding carboxylic acids is 1. The molecule has 140 valence electrons. The standard InChI is InChI=1S/C18H21N7O2/c1-11-19-16(23-22-11)13-7-4-8-14(9-13)20-18(26)25(2)10-15-21-17(27-24-15)12-5-3-6-12/h4,7-9,12H,3,5-6,10H2,1-2H3,(H,20,26)(H,19,22,23). The Hall–Kier alpha value is -3.23. The van der Waals surface area contributed by atoms with E-state index in [1.807, 2.05) is 31.2 Å². The molecule has 1 aromatic carbocycles. The largest absolute Gasteiger partial charge is 0.339 e. The number of benzene rings is 1. The topological polar surface area (TPSA) is 113 Å². The summed E-state index contributed by atoms with van der Waals surface area (Å²) in [5, 5.41) is 13.8. The molecule has 2 aromatic heterocycles. The van der Waals surface area contributed by atoms with E-state index in [0.717, 1.165) is 24.2 Å². The highest BCUT2D eigenvalue weighted by Crippen LogP contribution is 2.35. The Kier molecular flexibility index (Phi) is 4.57. The number of amides is 2. The molecule has 0 saturated heterocycles. The van der Waals surface area contributed by atoms with Gasteiger partial charge >= 0.3 is 6.03 Å². The quantitative estimate of drug-likeness (QED) is 0.716. The lowest BCUT2D eigenvalue weighted by molar-refractivity contribution is 0.219. The second kappa shape index (κ2) is 7.18. The summed E-state index contributed by atoms with van der Waals surface area (Å²) in [6.45, 7) is 2.12. The van der Waals surface area contributed by atoms with E-state index in [9.17, 15) is 4.79 Å². The van der Waals surface area contributed by atoms with Crippen molar-refractivity contribution in [3.05, 3.63) is 41.8 Å². The molecule has 9 heteroatoms. The molecule has 2 N–H and O–H groups in total. The van der Waals surface area contributed by atoms with Crippen LogP contribution >= 0.6 is 0 Å². The smallest absolute Gasteiger partial charge is 0.321 e. The number of H-pyrrole nitrogens is 1. The fourth-order valence-corrected chi connectivity index (χ4v) is 2.86. The van der Waals surface area contributed by atoms with Crippen molar-refractivity contribution in [3.8, 4) is 11.4 Å². The number of nitrogens with zero attached hydrogens (tertiary/aromatic N) is 5. The predicted octanol–water partition coefficient (Wildman–Crippen LogP) is 3.09. The van der Waals surface area contributed by atoms with Gasteiger partial charge in [-0.2, -0.15) is 10.1 Å². The summed E-state index contributed by atoms with van der Waals surface area (Å²) < 4.78 is 5.30. The summed E-state index contributed by atoms with van der Waals surface area (Å²) in [4.78, 5) is 22.7. The highest BCUT2D eigenvalue weighted by Gasteiger charge is 2.25. The van der Waals surface area contributed by atoms with Crippen molar-refractivity contribution in [2.75, 3.05) is 12.4 Å². The minimum Gasteiger partial charge on any atom is -0.339 e. The van der Waals surface area contributed by atoms with E-state index in [1.165, 1.54) is 11.3 Å². The average Bonchev–Trinajstić information content (AvgIpc) is 3.23. The molecule has 0 bridgehead atoms. The maximum absolute atomic E-state index is 12.5.